The van der Waals surface area contributed by atoms with Crippen molar-refractivity contribution < 1.29 is 4.42 Å². The Kier molecular flexibility index (Phi) is 8.87. The first kappa shape index (κ1) is 37.4. The average Bonchev–Trinajstić information content (AvgIpc) is 3.90. The summed E-state index contributed by atoms with van der Waals surface area (Å²) in [5.74, 6) is 1.78. The summed E-state index contributed by atoms with van der Waals surface area (Å²) in [4.78, 5) is 15.7. The second kappa shape index (κ2) is 15.2. The summed E-state index contributed by atoms with van der Waals surface area (Å²) in [6.07, 6.45) is 0. The molecule has 0 radical (unpaired) electrons. The second-order valence-corrected chi connectivity index (χ2v) is 16.5. The van der Waals surface area contributed by atoms with Gasteiger partial charge in [-0.1, -0.05) is 164 Å². The van der Waals surface area contributed by atoms with Crippen molar-refractivity contribution >= 4 is 43.7 Å². The van der Waals surface area contributed by atoms with Crippen LogP contribution in [0, 0.1) is 13.8 Å². The van der Waals surface area contributed by atoms with E-state index in [-0.39, 0.29) is 0 Å². The van der Waals surface area contributed by atoms with E-state index in [9.17, 15) is 0 Å². The van der Waals surface area contributed by atoms with Gasteiger partial charge in [0.1, 0.15) is 11.2 Å². The monoisotopic (exact) mass is 820 g/mol. The molecular weight excluding hydrogens is 781 g/mol. The SMILES string of the molecule is Cc1ccccc1-c1ccc2c(c1)c1cc(-c3ccccc3C)ccc1n2-c1ccc(-c2cccc3c2oc2ccccc23)cc1-c1nc(-c2ccccc2)nc(-c2ccccc2)n1. The van der Waals surface area contributed by atoms with Gasteiger partial charge in [0.25, 0.3) is 0 Å². The molecule has 3 heterocycles. The zero-order valence-corrected chi connectivity index (χ0v) is 35.3. The van der Waals surface area contributed by atoms with Gasteiger partial charge in [-0.2, -0.15) is 0 Å². The van der Waals surface area contributed by atoms with E-state index in [1.807, 2.05) is 48.5 Å². The van der Waals surface area contributed by atoms with Gasteiger partial charge in [0.15, 0.2) is 17.5 Å². The summed E-state index contributed by atoms with van der Waals surface area (Å²) in [5, 5.41) is 4.50. The lowest BCUT2D eigenvalue weighted by Gasteiger charge is -2.17. The molecule has 0 aliphatic carbocycles. The van der Waals surface area contributed by atoms with Crippen molar-refractivity contribution in [2.24, 2.45) is 0 Å². The van der Waals surface area contributed by atoms with Gasteiger partial charge >= 0.3 is 0 Å². The highest BCUT2D eigenvalue weighted by Gasteiger charge is 2.23. The topological polar surface area (TPSA) is 56.7 Å². The van der Waals surface area contributed by atoms with Crippen LogP contribution in [-0.4, -0.2) is 19.5 Å². The van der Waals surface area contributed by atoms with Crippen LogP contribution in [0.2, 0.25) is 0 Å². The average molecular weight is 821 g/mol. The number of benzene rings is 9. The van der Waals surface area contributed by atoms with Crippen LogP contribution in [0.4, 0.5) is 0 Å². The maximum absolute atomic E-state index is 6.62. The summed E-state index contributed by atoms with van der Waals surface area (Å²) >= 11 is 0. The molecule has 0 N–H and O–H groups in total. The number of para-hydroxylation sites is 2. The molecule has 0 aliphatic heterocycles. The number of nitrogens with zero attached hydrogens (tertiary/aromatic N) is 4. The second-order valence-electron chi connectivity index (χ2n) is 16.5. The fraction of sp³-hybridized carbons (Fsp3) is 0.0339. The van der Waals surface area contributed by atoms with E-state index in [1.54, 1.807) is 0 Å². The van der Waals surface area contributed by atoms with Gasteiger partial charge in [-0.15, -0.1) is 0 Å². The van der Waals surface area contributed by atoms with Gasteiger partial charge in [0.2, 0.25) is 0 Å². The molecule has 5 heteroatoms. The van der Waals surface area contributed by atoms with E-state index in [0.29, 0.717) is 17.5 Å². The largest absolute Gasteiger partial charge is 0.455 e. The Bertz CT molecular complexity index is 3590. The number of hydrogen-bond acceptors (Lipinski definition) is 4. The predicted octanol–water partition coefficient (Wildman–Crippen LogP) is 15.5. The standard InChI is InChI=1S/C59H40N4O/c1-37-16-9-11-22-44(37)41-28-31-52-49(34-41)50-35-42(45-23-12-10-17-38(45)2)29-32-53(50)63(52)54-33-30-43(46-25-15-26-48-47-24-13-14-27-55(47)64-56(46)48)36-51(54)59-61-57(39-18-5-3-6-19-39)60-58(62-59)40-20-7-4-8-21-40/h3-36H,1-2H3. The van der Waals surface area contributed by atoms with E-state index >= 15 is 0 Å². The molecular formula is C59H40N4O. The Hall–Kier alpha value is -8.41. The normalized spacial score (nSPS) is 11.6. The van der Waals surface area contributed by atoms with Crippen LogP contribution in [-0.2, 0) is 0 Å². The molecule has 0 bridgehead atoms. The molecule has 64 heavy (non-hydrogen) atoms. The molecule has 0 saturated carbocycles. The van der Waals surface area contributed by atoms with E-state index in [4.69, 9.17) is 19.4 Å². The molecule has 12 aromatic rings. The predicted molar refractivity (Wildman–Crippen MR) is 264 cm³/mol. The Morgan fingerprint density at radius 2 is 0.828 bits per heavy atom. The minimum Gasteiger partial charge on any atom is -0.455 e. The van der Waals surface area contributed by atoms with Crippen molar-refractivity contribution in [3.8, 4) is 73.2 Å². The minimum atomic E-state index is 0.574. The van der Waals surface area contributed by atoms with Crippen molar-refractivity contribution in [1.82, 2.24) is 19.5 Å². The zero-order valence-electron chi connectivity index (χ0n) is 35.3. The molecule has 0 fully saturated rings. The molecule has 0 unspecified atom stereocenters. The fourth-order valence-corrected chi connectivity index (χ4v) is 9.39. The molecule has 302 valence electrons. The number of furan rings is 1. The minimum absolute atomic E-state index is 0.574. The fourth-order valence-electron chi connectivity index (χ4n) is 9.39. The third kappa shape index (κ3) is 6.28. The van der Waals surface area contributed by atoms with E-state index in [1.165, 1.54) is 44.2 Å². The van der Waals surface area contributed by atoms with Gasteiger partial charge in [0.05, 0.1) is 16.7 Å². The first-order valence-corrected chi connectivity index (χ1v) is 21.7. The highest BCUT2D eigenvalue weighted by atomic mass is 16.3. The number of aryl methyl sites for hydroxylation is 2. The van der Waals surface area contributed by atoms with Crippen LogP contribution >= 0.6 is 0 Å². The number of rotatable bonds is 7. The lowest BCUT2D eigenvalue weighted by molar-refractivity contribution is 0.670. The van der Waals surface area contributed by atoms with Gasteiger partial charge in [-0.05, 0) is 95.3 Å². The molecule has 0 spiro atoms. The molecule has 0 amide bonds. The maximum atomic E-state index is 6.62. The summed E-state index contributed by atoms with van der Waals surface area (Å²) < 4.78 is 9.01. The molecule has 12 rings (SSSR count). The molecule has 3 aromatic heterocycles. The zero-order chi connectivity index (χ0) is 42.7. The first-order chi connectivity index (χ1) is 31.6. The summed E-state index contributed by atoms with van der Waals surface area (Å²) in [6, 6.07) is 72.6. The summed E-state index contributed by atoms with van der Waals surface area (Å²) in [6.45, 7) is 4.36. The molecule has 0 aliphatic rings. The third-order valence-electron chi connectivity index (χ3n) is 12.6. The first-order valence-electron chi connectivity index (χ1n) is 21.7. The highest BCUT2D eigenvalue weighted by Crippen LogP contribution is 2.43. The third-order valence-corrected chi connectivity index (χ3v) is 12.6. The van der Waals surface area contributed by atoms with Gasteiger partial charge in [0, 0.05) is 43.8 Å². The number of aromatic nitrogens is 4. The van der Waals surface area contributed by atoms with Crippen LogP contribution in [0.1, 0.15) is 11.1 Å². The highest BCUT2D eigenvalue weighted by molar-refractivity contribution is 6.13. The lowest BCUT2D eigenvalue weighted by atomic mass is 9.97. The Balaban J connectivity index is 1.17. The quantitative estimate of drug-likeness (QED) is 0.161. The van der Waals surface area contributed by atoms with Crippen LogP contribution in [0.15, 0.2) is 211 Å². The Morgan fingerprint density at radius 1 is 0.344 bits per heavy atom. The van der Waals surface area contributed by atoms with Gasteiger partial charge in [-0.25, -0.2) is 15.0 Å². The Labute approximate surface area is 370 Å². The van der Waals surface area contributed by atoms with Crippen molar-refractivity contribution in [2.75, 3.05) is 0 Å². The van der Waals surface area contributed by atoms with Crippen molar-refractivity contribution in [3.63, 3.8) is 0 Å². The van der Waals surface area contributed by atoms with Crippen LogP contribution in [0.25, 0.3) is 117 Å². The van der Waals surface area contributed by atoms with Crippen molar-refractivity contribution in [2.45, 2.75) is 13.8 Å². The maximum Gasteiger partial charge on any atom is 0.166 e. The van der Waals surface area contributed by atoms with Crippen LogP contribution < -0.4 is 0 Å². The summed E-state index contributed by atoms with van der Waals surface area (Å²) in [5.41, 5.74) is 16.8. The summed E-state index contributed by atoms with van der Waals surface area (Å²) in [7, 11) is 0. The van der Waals surface area contributed by atoms with Gasteiger partial charge in [-0.3, -0.25) is 0 Å². The van der Waals surface area contributed by atoms with E-state index < -0.39 is 0 Å². The van der Waals surface area contributed by atoms with Crippen molar-refractivity contribution in [3.05, 3.63) is 217 Å². The van der Waals surface area contributed by atoms with Gasteiger partial charge < -0.3 is 8.98 Å². The van der Waals surface area contributed by atoms with Crippen molar-refractivity contribution in [1.29, 1.82) is 0 Å². The molecule has 9 aromatic carbocycles. The van der Waals surface area contributed by atoms with E-state index in [0.717, 1.165) is 66.5 Å². The Morgan fingerprint density at radius 3 is 1.44 bits per heavy atom. The number of hydrogen-bond donors (Lipinski definition) is 0. The smallest absolute Gasteiger partial charge is 0.166 e. The van der Waals surface area contributed by atoms with E-state index in [2.05, 4.69) is 176 Å². The van der Waals surface area contributed by atoms with Crippen LogP contribution in [0.5, 0.6) is 0 Å². The number of fused-ring (bicyclic) bond motifs is 6. The molecule has 0 saturated heterocycles. The molecule has 5 nitrogen and oxygen atoms in total. The lowest BCUT2D eigenvalue weighted by Crippen LogP contribution is -2.04. The molecule has 0 atom stereocenters. The van der Waals surface area contributed by atoms with Crippen LogP contribution in [0.3, 0.4) is 0 Å².